The van der Waals surface area contributed by atoms with E-state index >= 15 is 0 Å². The number of hydrogen-bond acceptors (Lipinski definition) is 9. The molecule has 3 aromatic heterocycles. The van der Waals surface area contributed by atoms with Gasteiger partial charge in [0.05, 0.1) is 30.6 Å². The molecule has 0 amide bonds. The van der Waals surface area contributed by atoms with E-state index in [2.05, 4.69) is 25.3 Å². The summed E-state index contributed by atoms with van der Waals surface area (Å²) in [6.45, 7) is 1.51. The average molecular weight is 493 g/mol. The highest BCUT2D eigenvalue weighted by atomic mass is 19.4. The van der Waals surface area contributed by atoms with Gasteiger partial charge in [0.2, 0.25) is 0 Å². The van der Waals surface area contributed by atoms with E-state index in [0.717, 1.165) is 18.7 Å². The van der Waals surface area contributed by atoms with Crippen LogP contribution in [0.2, 0.25) is 0 Å². The molecule has 10 nitrogen and oxygen atoms in total. The molecule has 5 rings (SSSR count). The summed E-state index contributed by atoms with van der Waals surface area (Å²) in [6.07, 6.45) is -1.18. The maximum Gasteiger partial charge on any atom is 0.417 e. The minimum absolute atomic E-state index is 0.0210. The van der Waals surface area contributed by atoms with Crippen LogP contribution in [0.5, 0.6) is 0 Å². The van der Waals surface area contributed by atoms with Gasteiger partial charge in [0.15, 0.2) is 11.5 Å². The Balaban J connectivity index is 1.30. The Morgan fingerprint density at radius 3 is 2.69 bits per heavy atom. The molecular formula is C22H26F3N7O3. The molecule has 1 saturated carbocycles. The zero-order chi connectivity index (χ0) is 24.7. The Morgan fingerprint density at radius 2 is 1.97 bits per heavy atom. The van der Waals surface area contributed by atoms with Crippen molar-refractivity contribution < 1.29 is 28.1 Å². The molecule has 0 radical (unpaired) electrons. The SMILES string of the molecule is COC[C@H]1CC(n2cnc3c(N[C@H]4CCN(c5ccc(C(F)(F)F)cn5)C4)ncnc32)[C@H](O)[C@@H]1O. The first kappa shape index (κ1) is 23.7. The molecule has 2 aliphatic rings. The van der Waals surface area contributed by atoms with Crippen LogP contribution in [0, 0.1) is 5.92 Å². The average Bonchev–Trinajstić information content (AvgIpc) is 3.54. The number of aliphatic hydroxyl groups is 2. The highest BCUT2D eigenvalue weighted by Gasteiger charge is 2.43. The van der Waals surface area contributed by atoms with Crippen LogP contribution in [0.4, 0.5) is 24.8 Å². The van der Waals surface area contributed by atoms with Crippen molar-refractivity contribution in [1.82, 2.24) is 24.5 Å². The van der Waals surface area contributed by atoms with Crippen molar-refractivity contribution in [3.63, 3.8) is 0 Å². The van der Waals surface area contributed by atoms with E-state index in [1.54, 1.807) is 18.0 Å². The van der Waals surface area contributed by atoms with Gasteiger partial charge in [-0.15, -0.1) is 0 Å². The molecular weight excluding hydrogens is 467 g/mol. The maximum atomic E-state index is 12.8. The van der Waals surface area contributed by atoms with Crippen molar-refractivity contribution in [2.24, 2.45) is 5.92 Å². The highest BCUT2D eigenvalue weighted by Crippen LogP contribution is 2.37. The van der Waals surface area contributed by atoms with Crippen molar-refractivity contribution in [2.45, 2.75) is 43.3 Å². The summed E-state index contributed by atoms with van der Waals surface area (Å²) in [4.78, 5) is 19.1. The number of methoxy groups -OCH3 is 1. The number of nitrogens with zero attached hydrogens (tertiary/aromatic N) is 6. The molecule has 188 valence electrons. The van der Waals surface area contributed by atoms with Crippen LogP contribution in [0.25, 0.3) is 11.2 Å². The molecule has 2 fully saturated rings. The fourth-order valence-corrected chi connectivity index (χ4v) is 4.97. The van der Waals surface area contributed by atoms with Gasteiger partial charge in [0, 0.05) is 38.4 Å². The van der Waals surface area contributed by atoms with Crippen molar-refractivity contribution >= 4 is 22.8 Å². The number of anilines is 2. The highest BCUT2D eigenvalue weighted by molar-refractivity contribution is 5.83. The third kappa shape index (κ3) is 4.50. The molecule has 5 atom stereocenters. The lowest BCUT2D eigenvalue weighted by Crippen LogP contribution is -2.30. The molecule has 1 aliphatic carbocycles. The van der Waals surface area contributed by atoms with Gasteiger partial charge in [-0.2, -0.15) is 13.2 Å². The number of rotatable bonds is 6. The molecule has 1 saturated heterocycles. The summed E-state index contributed by atoms with van der Waals surface area (Å²) in [5.74, 6) is 0.821. The molecule has 4 heterocycles. The van der Waals surface area contributed by atoms with E-state index < -0.39 is 30.0 Å². The van der Waals surface area contributed by atoms with Crippen molar-refractivity contribution in [3.8, 4) is 0 Å². The number of ether oxygens (including phenoxy) is 1. The van der Waals surface area contributed by atoms with Crippen LogP contribution in [0.1, 0.15) is 24.4 Å². The summed E-state index contributed by atoms with van der Waals surface area (Å²) in [5, 5.41) is 24.3. The van der Waals surface area contributed by atoms with E-state index in [1.807, 2.05) is 4.90 Å². The Bertz CT molecular complexity index is 1170. The number of fused-ring (bicyclic) bond motifs is 1. The summed E-state index contributed by atoms with van der Waals surface area (Å²) in [5.41, 5.74) is 0.300. The standard InChI is InChI=1S/C22H26F3N7O3/c1-35-9-12-6-15(19(34)18(12)33)32-11-29-17-20(27-10-28-21(17)32)30-14-4-5-31(8-14)16-3-2-13(7-26-16)22(23,24)25/h2-3,7,10-12,14-15,18-19,33-34H,4-6,8-9H2,1H3,(H,27,28,30)/t12-,14+,15?,18-,19+/m1/s1. The molecule has 3 aromatic rings. The molecule has 35 heavy (non-hydrogen) atoms. The zero-order valence-corrected chi connectivity index (χ0v) is 18.9. The third-order valence-electron chi connectivity index (χ3n) is 6.80. The lowest BCUT2D eigenvalue weighted by molar-refractivity contribution is -0.137. The van der Waals surface area contributed by atoms with Gasteiger partial charge in [-0.3, -0.25) is 0 Å². The molecule has 0 bridgehead atoms. The van der Waals surface area contributed by atoms with Gasteiger partial charge >= 0.3 is 6.18 Å². The van der Waals surface area contributed by atoms with E-state index in [-0.39, 0.29) is 12.0 Å². The molecule has 1 unspecified atom stereocenters. The molecule has 0 aromatic carbocycles. The third-order valence-corrected chi connectivity index (χ3v) is 6.80. The lowest BCUT2D eigenvalue weighted by atomic mass is 10.1. The first-order chi connectivity index (χ1) is 16.8. The van der Waals surface area contributed by atoms with Crippen LogP contribution in [-0.4, -0.2) is 79.8 Å². The number of halogens is 3. The topological polar surface area (TPSA) is 121 Å². The predicted octanol–water partition coefficient (Wildman–Crippen LogP) is 1.86. The van der Waals surface area contributed by atoms with Crippen LogP contribution in [0.15, 0.2) is 31.0 Å². The summed E-state index contributed by atoms with van der Waals surface area (Å²) < 4.78 is 45.4. The number of imidazole rings is 1. The first-order valence-electron chi connectivity index (χ1n) is 11.3. The molecule has 3 N–H and O–H groups in total. The first-order valence-corrected chi connectivity index (χ1v) is 11.3. The summed E-state index contributed by atoms with van der Waals surface area (Å²) >= 11 is 0. The second kappa shape index (κ2) is 9.21. The molecule has 1 aliphatic heterocycles. The van der Waals surface area contributed by atoms with Crippen molar-refractivity contribution in [2.75, 3.05) is 37.0 Å². The molecule has 0 spiro atoms. The quantitative estimate of drug-likeness (QED) is 0.472. The number of pyridine rings is 1. The Hall–Kier alpha value is -3.03. The normalized spacial score (nSPS) is 27.1. The fourth-order valence-electron chi connectivity index (χ4n) is 4.97. The van der Waals surface area contributed by atoms with Crippen LogP contribution >= 0.6 is 0 Å². The van der Waals surface area contributed by atoms with Gasteiger partial charge in [0.25, 0.3) is 0 Å². The molecule has 13 heteroatoms. The maximum absolute atomic E-state index is 12.8. The Labute approximate surface area is 198 Å². The second-order valence-electron chi connectivity index (χ2n) is 9.02. The number of alkyl halides is 3. The van der Waals surface area contributed by atoms with Crippen LogP contribution in [0.3, 0.4) is 0 Å². The fraction of sp³-hybridized carbons (Fsp3) is 0.545. The number of nitrogens with one attached hydrogen (secondary N) is 1. The van der Waals surface area contributed by atoms with Gasteiger partial charge in [0.1, 0.15) is 23.8 Å². The largest absolute Gasteiger partial charge is 0.417 e. The predicted molar refractivity (Wildman–Crippen MR) is 120 cm³/mol. The van der Waals surface area contributed by atoms with E-state index in [4.69, 9.17) is 4.74 Å². The van der Waals surface area contributed by atoms with E-state index in [1.165, 1.54) is 12.4 Å². The smallest absolute Gasteiger partial charge is 0.390 e. The Morgan fingerprint density at radius 1 is 1.14 bits per heavy atom. The lowest BCUT2D eigenvalue weighted by Gasteiger charge is -2.19. The van der Waals surface area contributed by atoms with E-state index in [9.17, 15) is 23.4 Å². The number of aliphatic hydroxyl groups excluding tert-OH is 2. The summed E-state index contributed by atoms with van der Waals surface area (Å²) in [7, 11) is 1.56. The zero-order valence-electron chi connectivity index (χ0n) is 18.9. The van der Waals surface area contributed by atoms with Crippen LogP contribution < -0.4 is 10.2 Å². The van der Waals surface area contributed by atoms with Gasteiger partial charge in [-0.25, -0.2) is 19.9 Å². The van der Waals surface area contributed by atoms with Gasteiger partial charge in [-0.1, -0.05) is 0 Å². The minimum Gasteiger partial charge on any atom is -0.390 e. The van der Waals surface area contributed by atoms with Crippen molar-refractivity contribution in [1.29, 1.82) is 0 Å². The number of hydrogen-bond donors (Lipinski definition) is 3. The van der Waals surface area contributed by atoms with Crippen molar-refractivity contribution in [3.05, 3.63) is 36.5 Å². The Kier molecular flexibility index (Phi) is 6.23. The monoisotopic (exact) mass is 493 g/mol. The van der Waals surface area contributed by atoms with E-state index in [0.29, 0.717) is 48.9 Å². The van der Waals surface area contributed by atoms with Gasteiger partial charge < -0.3 is 29.7 Å². The second-order valence-corrected chi connectivity index (χ2v) is 9.02. The van der Waals surface area contributed by atoms with Gasteiger partial charge in [-0.05, 0) is 25.0 Å². The van der Waals surface area contributed by atoms with Crippen LogP contribution in [-0.2, 0) is 10.9 Å². The number of aromatic nitrogens is 5. The summed E-state index contributed by atoms with van der Waals surface area (Å²) in [6, 6.07) is 2.00. The minimum atomic E-state index is -4.42.